The van der Waals surface area contributed by atoms with Gasteiger partial charge in [0.05, 0.1) is 12.6 Å². The number of aromatic nitrogens is 2. The number of imidazole rings is 1. The minimum atomic E-state index is 0.0991. The fourth-order valence-electron chi connectivity index (χ4n) is 1.10. The zero-order chi connectivity index (χ0) is 9.68. The molecule has 1 heterocycles. The fourth-order valence-corrected chi connectivity index (χ4v) is 1.10. The molecule has 13 heavy (non-hydrogen) atoms. The Morgan fingerprint density at radius 3 is 3.15 bits per heavy atom. The quantitative estimate of drug-likeness (QED) is 0.696. The van der Waals surface area contributed by atoms with Gasteiger partial charge in [-0.1, -0.05) is 5.92 Å². The minimum absolute atomic E-state index is 0.0991. The smallest absolute Gasteiger partial charge is 0.122 e. The van der Waals surface area contributed by atoms with Crippen molar-refractivity contribution in [3.8, 4) is 12.3 Å². The lowest BCUT2D eigenvalue weighted by atomic mass is 10.3. The van der Waals surface area contributed by atoms with E-state index in [1.54, 1.807) is 6.20 Å². The summed E-state index contributed by atoms with van der Waals surface area (Å²) >= 11 is 0. The van der Waals surface area contributed by atoms with Gasteiger partial charge in [0, 0.05) is 18.9 Å². The summed E-state index contributed by atoms with van der Waals surface area (Å²) in [5, 5.41) is 3.19. The fraction of sp³-hybridized carbons (Fsp3) is 0.500. The average molecular weight is 177 g/mol. The van der Waals surface area contributed by atoms with E-state index < -0.39 is 0 Å². The molecule has 3 nitrogen and oxygen atoms in total. The first kappa shape index (κ1) is 9.82. The molecule has 1 atom stereocenters. The SMILES string of the molecule is C#CC(C)NCc1nccn1CC. The van der Waals surface area contributed by atoms with E-state index in [9.17, 15) is 0 Å². The van der Waals surface area contributed by atoms with Gasteiger partial charge in [0.1, 0.15) is 5.82 Å². The summed E-state index contributed by atoms with van der Waals surface area (Å²) in [6.07, 6.45) is 9.02. The van der Waals surface area contributed by atoms with Gasteiger partial charge in [-0.2, -0.15) is 0 Å². The predicted molar refractivity (Wildman–Crippen MR) is 53.0 cm³/mol. The third kappa shape index (κ3) is 2.60. The molecule has 0 aliphatic rings. The van der Waals surface area contributed by atoms with E-state index in [2.05, 4.69) is 27.7 Å². The van der Waals surface area contributed by atoms with Crippen LogP contribution in [0.2, 0.25) is 0 Å². The summed E-state index contributed by atoms with van der Waals surface area (Å²) < 4.78 is 2.09. The number of hydrogen-bond acceptors (Lipinski definition) is 2. The standard InChI is InChI=1S/C10H15N3/c1-4-9(3)12-8-10-11-6-7-13(10)5-2/h1,6-7,9,12H,5,8H2,2-3H3. The van der Waals surface area contributed by atoms with E-state index in [1.165, 1.54) is 0 Å². The van der Waals surface area contributed by atoms with Crippen LogP contribution in [0.1, 0.15) is 19.7 Å². The number of hydrogen-bond donors (Lipinski definition) is 1. The molecule has 0 saturated carbocycles. The third-order valence-electron chi connectivity index (χ3n) is 1.96. The topological polar surface area (TPSA) is 29.9 Å². The summed E-state index contributed by atoms with van der Waals surface area (Å²) in [4.78, 5) is 4.23. The monoisotopic (exact) mass is 177 g/mol. The highest BCUT2D eigenvalue weighted by atomic mass is 15.1. The Kier molecular flexibility index (Phi) is 3.53. The molecule has 1 unspecified atom stereocenters. The molecule has 1 aromatic heterocycles. The molecule has 0 saturated heterocycles. The number of rotatable bonds is 4. The highest BCUT2D eigenvalue weighted by molar-refractivity contribution is 4.98. The number of terminal acetylenes is 1. The maximum atomic E-state index is 5.24. The first-order valence-electron chi connectivity index (χ1n) is 4.47. The van der Waals surface area contributed by atoms with Crippen LogP contribution in [0.4, 0.5) is 0 Å². The number of aryl methyl sites for hydroxylation is 1. The lowest BCUT2D eigenvalue weighted by molar-refractivity contribution is 0.589. The van der Waals surface area contributed by atoms with Crippen LogP contribution in [0.25, 0.3) is 0 Å². The van der Waals surface area contributed by atoms with Gasteiger partial charge in [0.2, 0.25) is 0 Å². The van der Waals surface area contributed by atoms with Gasteiger partial charge in [-0.3, -0.25) is 5.32 Å². The second-order valence-corrected chi connectivity index (χ2v) is 2.90. The highest BCUT2D eigenvalue weighted by Crippen LogP contribution is 1.96. The highest BCUT2D eigenvalue weighted by Gasteiger charge is 2.01. The Hall–Kier alpha value is -1.27. The van der Waals surface area contributed by atoms with Crippen molar-refractivity contribution in [3.63, 3.8) is 0 Å². The van der Waals surface area contributed by atoms with Crippen molar-refractivity contribution in [3.05, 3.63) is 18.2 Å². The van der Waals surface area contributed by atoms with E-state index >= 15 is 0 Å². The molecule has 0 aromatic carbocycles. The van der Waals surface area contributed by atoms with Crippen LogP contribution in [0, 0.1) is 12.3 Å². The van der Waals surface area contributed by atoms with Crippen molar-refractivity contribution in [2.24, 2.45) is 0 Å². The Balaban J connectivity index is 2.50. The largest absolute Gasteiger partial charge is 0.334 e. The summed E-state index contributed by atoms with van der Waals surface area (Å²) in [5.41, 5.74) is 0. The van der Waals surface area contributed by atoms with Gasteiger partial charge in [-0.25, -0.2) is 4.98 Å². The van der Waals surface area contributed by atoms with Crippen molar-refractivity contribution in [2.75, 3.05) is 0 Å². The van der Waals surface area contributed by atoms with Gasteiger partial charge in [0.25, 0.3) is 0 Å². The molecule has 0 spiro atoms. The molecule has 1 rings (SSSR count). The van der Waals surface area contributed by atoms with Crippen LogP contribution >= 0.6 is 0 Å². The lowest BCUT2D eigenvalue weighted by Gasteiger charge is -2.08. The number of nitrogens with one attached hydrogen (secondary N) is 1. The maximum Gasteiger partial charge on any atom is 0.122 e. The van der Waals surface area contributed by atoms with E-state index in [1.807, 2.05) is 13.1 Å². The average Bonchev–Trinajstić information content (AvgIpc) is 2.61. The van der Waals surface area contributed by atoms with Crippen LogP contribution in [0.5, 0.6) is 0 Å². The van der Waals surface area contributed by atoms with E-state index in [0.29, 0.717) is 0 Å². The molecule has 0 amide bonds. The maximum absolute atomic E-state index is 5.24. The van der Waals surface area contributed by atoms with Gasteiger partial charge in [0.15, 0.2) is 0 Å². The Morgan fingerprint density at radius 1 is 1.77 bits per heavy atom. The molecule has 3 heteroatoms. The van der Waals surface area contributed by atoms with Crippen LogP contribution < -0.4 is 5.32 Å². The van der Waals surface area contributed by atoms with Crippen molar-refractivity contribution in [2.45, 2.75) is 33.0 Å². The van der Waals surface area contributed by atoms with Crippen molar-refractivity contribution >= 4 is 0 Å². The first-order valence-corrected chi connectivity index (χ1v) is 4.47. The summed E-state index contributed by atoms with van der Waals surface area (Å²) in [7, 11) is 0. The summed E-state index contributed by atoms with van der Waals surface area (Å²) in [6.45, 7) is 5.72. The number of nitrogens with zero attached hydrogens (tertiary/aromatic N) is 2. The van der Waals surface area contributed by atoms with Gasteiger partial charge < -0.3 is 4.57 Å². The summed E-state index contributed by atoms with van der Waals surface area (Å²) in [5.74, 6) is 3.65. The Bertz CT molecular complexity index is 295. The van der Waals surface area contributed by atoms with E-state index in [-0.39, 0.29) is 6.04 Å². The van der Waals surface area contributed by atoms with Crippen molar-refractivity contribution in [1.82, 2.24) is 14.9 Å². The summed E-state index contributed by atoms with van der Waals surface area (Å²) in [6, 6.07) is 0.0991. The minimum Gasteiger partial charge on any atom is -0.334 e. The van der Waals surface area contributed by atoms with Crippen LogP contribution in [-0.4, -0.2) is 15.6 Å². The van der Waals surface area contributed by atoms with Crippen molar-refractivity contribution < 1.29 is 0 Å². The molecule has 0 bridgehead atoms. The molecule has 1 N–H and O–H groups in total. The van der Waals surface area contributed by atoms with Crippen LogP contribution in [0.15, 0.2) is 12.4 Å². The van der Waals surface area contributed by atoms with Gasteiger partial charge in [-0.15, -0.1) is 6.42 Å². The third-order valence-corrected chi connectivity index (χ3v) is 1.96. The molecule has 0 radical (unpaired) electrons. The Morgan fingerprint density at radius 2 is 2.54 bits per heavy atom. The van der Waals surface area contributed by atoms with Gasteiger partial charge in [-0.05, 0) is 13.8 Å². The van der Waals surface area contributed by atoms with E-state index in [0.717, 1.165) is 18.9 Å². The van der Waals surface area contributed by atoms with Gasteiger partial charge >= 0.3 is 0 Å². The first-order chi connectivity index (χ1) is 6.27. The van der Waals surface area contributed by atoms with Crippen LogP contribution in [0.3, 0.4) is 0 Å². The zero-order valence-electron chi connectivity index (χ0n) is 8.12. The lowest BCUT2D eigenvalue weighted by Crippen LogP contribution is -2.25. The molecule has 0 aliphatic heterocycles. The predicted octanol–water partition coefficient (Wildman–Crippen LogP) is 1.01. The molecule has 1 aromatic rings. The second-order valence-electron chi connectivity index (χ2n) is 2.90. The molecule has 0 aliphatic carbocycles. The van der Waals surface area contributed by atoms with Crippen LogP contribution in [-0.2, 0) is 13.1 Å². The molecule has 70 valence electrons. The Labute approximate surface area is 79.2 Å². The molecule has 0 fully saturated rings. The second kappa shape index (κ2) is 4.68. The molecular weight excluding hydrogens is 162 g/mol. The zero-order valence-corrected chi connectivity index (χ0v) is 8.12. The van der Waals surface area contributed by atoms with Crippen molar-refractivity contribution in [1.29, 1.82) is 0 Å². The van der Waals surface area contributed by atoms with E-state index in [4.69, 9.17) is 6.42 Å². The molecular formula is C10H15N3. The normalized spacial score (nSPS) is 12.4.